The number of hydrogen-bond acceptors (Lipinski definition) is 2. The lowest BCUT2D eigenvalue weighted by molar-refractivity contribution is 0.553. The zero-order valence-corrected chi connectivity index (χ0v) is 12.3. The van der Waals surface area contributed by atoms with Gasteiger partial charge in [0.25, 0.3) is 0 Å². The van der Waals surface area contributed by atoms with Gasteiger partial charge in [-0.2, -0.15) is 0 Å². The molecule has 0 atom stereocenters. The predicted molar refractivity (Wildman–Crippen MR) is 75.8 cm³/mol. The molecule has 1 rings (SSSR count). The Morgan fingerprint density at radius 2 is 1.59 bits per heavy atom. The number of rotatable bonds is 2. The topological polar surface area (TPSA) is 24.9 Å². The first-order valence-corrected chi connectivity index (χ1v) is 6.41. The molecule has 0 amide bonds. The standard InChI is InChI=1S/C15H26N2/c1-8-16-13-10-11(14(2,3)4)9-12(17-13)15(5,6)7/h9-10H,8H2,1-7H3,(H,16,17). The van der Waals surface area contributed by atoms with Crippen LogP contribution in [0.25, 0.3) is 0 Å². The molecule has 0 aliphatic carbocycles. The Kier molecular flexibility index (Phi) is 3.85. The van der Waals surface area contributed by atoms with Gasteiger partial charge in [-0.1, -0.05) is 41.5 Å². The van der Waals surface area contributed by atoms with E-state index in [2.05, 4.69) is 65.9 Å². The van der Waals surface area contributed by atoms with E-state index < -0.39 is 0 Å². The average molecular weight is 234 g/mol. The van der Waals surface area contributed by atoms with Crippen molar-refractivity contribution < 1.29 is 0 Å². The third-order valence-electron chi connectivity index (χ3n) is 2.82. The van der Waals surface area contributed by atoms with Crippen LogP contribution in [0.3, 0.4) is 0 Å². The number of pyridine rings is 1. The van der Waals surface area contributed by atoms with Crippen molar-refractivity contribution in [3.05, 3.63) is 23.4 Å². The van der Waals surface area contributed by atoms with E-state index in [1.165, 1.54) is 5.56 Å². The van der Waals surface area contributed by atoms with Gasteiger partial charge in [0, 0.05) is 17.7 Å². The molecule has 2 heteroatoms. The Hall–Kier alpha value is -1.05. The van der Waals surface area contributed by atoms with Crippen LogP contribution in [0.1, 0.15) is 59.7 Å². The summed E-state index contributed by atoms with van der Waals surface area (Å²) in [6, 6.07) is 4.40. The van der Waals surface area contributed by atoms with Gasteiger partial charge in [0.2, 0.25) is 0 Å². The van der Waals surface area contributed by atoms with Gasteiger partial charge in [0.05, 0.1) is 0 Å². The minimum atomic E-state index is 0.0887. The van der Waals surface area contributed by atoms with Gasteiger partial charge in [-0.15, -0.1) is 0 Å². The molecule has 17 heavy (non-hydrogen) atoms. The van der Waals surface area contributed by atoms with E-state index in [0.29, 0.717) is 0 Å². The van der Waals surface area contributed by atoms with Crippen LogP contribution in [-0.2, 0) is 10.8 Å². The van der Waals surface area contributed by atoms with E-state index in [9.17, 15) is 0 Å². The summed E-state index contributed by atoms with van der Waals surface area (Å²) < 4.78 is 0. The second-order valence-corrected chi connectivity index (χ2v) is 6.66. The zero-order valence-electron chi connectivity index (χ0n) is 12.3. The zero-order chi connectivity index (χ0) is 13.3. The van der Waals surface area contributed by atoms with E-state index in [1.54, 1.807) is 0 Å². The molecule has 0 spiro atoms. The molecular weight excluding hydrogens is 208 g/mol. The lowest BCUT2D eigenvalue weighted by Gasteiger charge is -2.25. The summed E-state index contributed by atoms with van der Waals surface area (Å²) in [7, 11) is 0. The summed E-state index contributed by atoms with van der Waals surface area (Å²) in [5.41, 5.74) is 2.74. The summed E-state index contributed by atoms with van der Waals surface area (Å²) in [4.78, 5) is 4.70. The van der Waals surface area contributed by atoms with E-state index >= 15 is 0 Å². The van der Waals surface area contributed by atoms with Crippen LogP contribution in [0.2, 0.25) is 0 Å². The highest BCUT2D eigenvalue weighted by Gasteiger charge is 2.21. The fourth-order valence-corrected chi connectivity index (χ4v) is 1.62. The summed E-state index contributed by atoms with van der Waals surface area (Å²) >= 11 is 0. The Labute approximate surface area is 106 Å². The molecule has 0 fully saturated rings. The van der Waals surface area contributed by atoms with Crippen molar-refractivity contribution in [1.82, 2.24) is 4.98 Å². The average Bonchev–Trinajstić information content (AvgIpc) is 2.15. The van der Waals surface area contributed by atoms with Crippen LogP contribution < -0.4 is 5.32 Å². The fraction of sp³-hybridized carbons (Fsp3) is 0.667. The van der Waals surface area contributed by atoms with Crippen molar-refractivity contribution in [2.24, 2.45) is 0 Å². The first-order chi connectivity index (χ1) is 7.64. The van der Waals surface area contributed by atoms with Gasteiger partial charge < -0.3 is 5.32 Å². The Morgan fingerprint density at radius 3 is 2.00 bits per heavy atom. The normalized spacial score (nSPS) is 12.6. The Bertz CT molecular complexity index is 349. The predicted octanol–water partition coefficient (Wildman–Crippen LogP) is 4.11. The molecule has 96 valence electrons. The fourth-order valence-electron chi connectivity index (χ4n) is 1.62. The Morgan fingerprint density at radius 1 is 1.00 bits per heavy atom. The highest BCUT2D eigenvalue weighted by Crippen LogP contribution is 2.29. The van der Waals surface area contributed by atoms with Crippen LogP contribution in [0.4, 0.5) is 5.82 Å². The Balaban J connectivity index is 3.29. The highest BCUT2D eigenvalue weighted by atomic mass is 15.0. The minimum absolute atomic E-state index is 0.0887. The van der Waals surface area contributed by atoms with Crippen molar-refractivity contribution in [2.45, 2.75) is 59.3 Å². The molecule has 0 radical (unpaired) electrons. The molecule has 0 unspecified atom stereocenters. The minimum Gasteiger partial charge on any atom is -0.370 e. The monoisotopic (exact) mass is 234 g/mol. The number of nitrogens with one attached hydrogen (secondary N) is 1. The third kappa shape index (κ3) is 3.72. The quantitative estimate of drug-likeness (QED) is 0.833. The van der Waals surface area contributed by atoms with Crippen molar-refractivity contribution in [3.63, 3.8) is 0 Å². The van der Waals surface area contributed by atoms with Gasteiger partial charge in [0.1, 0.15) is 5.82 Å². The molecule has 0 aliphatic rings. The lowest BCUT2D eigenvalue weighted by Crippen LogP contribution is -2.19. The summed E-state index contributed by atoms with van der Waals surface area (Å²) in [6.07, 6.45) is 0. The maximum absolute atomic E-state index is 4.70. The summed E-state index contributed by atoms with van der Waals surface area (Å²) in [5, 5.41) is 3.32. The largest absolute Gasteiger partial charge is 0.370 e. The maximum Gasteiger partial charge on any atom is 0.126 e. The molecule has 0 saturated carbocycles. The molecular formula is C15H26N2. The maximum atomic E-state index is 4.70. The smallest absolute Gasteiger partial charge is 0.126 e. The second-order valence-electron chi connectivity index (χ2n) is 6.66. The van der Waals surface area contributed by atoms with Crippen LogP contribution in [0.15, 0.2) is 12.1 Å². The van der Waals surface area contributed by atoms with Crippen molar-refractivity contribution in [1.29, 1.82) is 0 Å². The van der Waals surface area contributed by atoms with Gasteiger partial charge in [0.15, 0.2) is 0 Å². The summed E-state index contributed by atoms with van der Waals surface area (Å²) in [5.74, 6) is 0.991. The number of aromatic nitrogens is 1. The van der Waals surface area contributed by atoms with E-state index in [-0.39, 0.29) is 10.8 Å². The van der Waals surface area contributed by atoms with Crippen LogP contribution >= 0.6 is 0 Å². The SMILES string of the molecule is CCNc1cc(C(C)(C)C)cc(C(C)(C)C)n1. The van der Waals surface area contributed by atoms with E-state index in [0.717, 1.165) is 18.1 Å². The van der Waals surface area contributed by atoms with Crippen molar-refractivity contribution in [3.8, 4) is 0 Å². The molecule has 1 aromatic heterocycles. The van der Waals surface area contributed by atoms with Gasteiger partial charge in [-0.3, -0.25) is 0 Å². The molecule has 0 aliphatic heterocycles. The van der Waals surface area contributed by atoms with Gasteiger partial charge >= 0.3 is 0 Å². The van der Waals surface area contributed by atoms with Crippen molar-refractivity contribution in [2.75, 3.05) is 11.9 Å². The van der Waals surface area contributed by atoms with Gasteiger partial charge in [-0.05, 0) is 30.0 Å². The summed E-state index contributed by atoms with van der Waals surface area (Å²) in [6.45, 7) is 16.3. The molecule has 1 heterocycles. The van der Waals surface area contributed by atoms with Crippen LogP contribution in [0, 0.1) is 0 Å². The molecule has 1 aromatic rings. The number of nitrogens with zero attached hydrogens (tertiary/aromatic N) is 1. The molecule has 0 saturated heterocycles. The lowest BCUT2D eigenvalue weighted by atomic mass is 9.83. The van der Waals surface area contributed by atoms with Gasteiger partial charge in [-0.25, -0.2) is 4.98 Å². The molecule has 2 nitrogen and oxygen atoms in total. The molecule has 0 bridgehead atoms. The third-order valence-corrected chi connectivity index (χ3v) is 2.82. The highest BCUT2D eigenvalue weighted by molar-refractivity contribution is 5.43. The first kappa shape index (κ1) is 14.0. The van der Waals surface area contributed by atoms with Crippen molar-refractivity contribution >= 4 is 5.82 Å². The van der Waals surface area contributed by atoms with E-state index in [4.69, 9.17) is 4.98 Å². The second kappa shape index (κ2) is 4.67. The van der Waals surface area contributed by atoms with Crippen LogP contribution in [0.5, 0.6) is 0 Å². The first-order valence-electron chi connectivity index (χ1n) is 6.41. The molecule has 0 aromatic carbocycles. The number of anilines is 1. The molecule has 1 N–H and O–H groups in total. The number of hydrogen-bond donors (Lipinski definition) is 1. The van der Waals surface area contributed by atoms with E-state index in [1.807, 2.05) is 0 Å². The van der Waals surface area contributed by atoms with Crippen LogP contribution in [-0.4, -0.2) is 11.5 Å².